The smallest absolute Gasteiger partial charge is 0.224 e. The quantitative estimate of drug-likeness (QED) is 0.859. The van der Waals surface area contributed by atoms with Crippen LogP contribution in [0.2, 0.25) is 0 Å². The molecule has 1 unspecified atom stereocenters. The zero-order valence-electron chi connectivity index (χ0n) is 10.9. The number of carbonyl (C=O) groups is 1. The van der Waals surface area contributed by atoms with Crippen LogP contribution in [0.3, 0.4) is 0 Å². The Labute approximate surface area is 108 Å². The second-order valence-corrected chi connectivity index (χ2v) is 5.25. The molecule has 3 nitrogen and oxygen atoms in total. The maximum absolute atomic E-state index is 11.9. The van der Waals surface area contributed by atoms with Crippen molar-refractivity contribution in [1.82, 2.24) is 5.32 Å². The Kier molecular flexibility index (Phi) is 4.24. The van der Waals surface area contributed by atoms with E-state index in [1.165, 1.54) is 25.7 Å². The summed E-state index contributed by atoms with van der Waals surface area (Å²) in [5.74, 6) is 0.891. The van der Waals surface area contributed by atoms with E-state index in [0.717, 1.165) is 5.56 Å². The predicted molar refractivity (Wildman–Crippen MR) is 71.4 cm³/mol. The SMILES string of the molecule is CC(NC(=O)Cc1cccc(O)c1)C1CCCC1. The van der Waals surface area contributed by atoms with Crippen LogP contribution in [0.15, 0.2) is 24.3 Å². The van der Waals surface area contributed by atoms with E-state index in [1.54, 1.807) is 18.2 Å². The Morgan fingerprint density at radius 1 is 1.44 bits per heavy atom. The van der Waals surface area contributed by atoms with E-state index in [1.807, 2.05) is 6.07 Å². The third kappa shape index (κ3) is 3.49. The molecule has 0 bridgehead atoms. The van der Waals surface area contributed by atoms with Gasteiger partial charge >= 0.3 is 0 Å². The molecule has 0 aliphatic heterocycles. The number of hydrogen-bond acceptors (Lipinski definition) is 2. The highest BCUT2D eigenvalue weighted by Crippen LogP contribution is 2.27. The van der Waals surface area contributed by atoms with Gasteiger partial charge in [0.2, 0.25) is 5.91 Å². The first kappa shape index (κ1) is 12.9. The van der Waals surface area contributed by atoms with Gasteiger partial charge in [-0.2, -0.15) is 0 Å². The highest BCUT2D eigenvalue weighted by molar-refractivity contribution is 5.78. The van der Waals surface area contributed by atoms with E-state index in [9.17, 15) is 9.90 Å². The van der Waals surface area contributed by atoms with Crippen molar-refractivity contribution >= 4 is 5.91 Å². The van der Waals surface area contributed by atoms with Crippen LogP contribution < -0.4 is 5.32 Å². The molecule has 1 aliphatic rings. The van der Waals surface area contributed by atoms with Gasteiger partial charge in [0.1, 0.15) is 5.75 Å². The van der Waals surface area contributed by atoms with Gasteiger partial charge in [0.25, 0.3) is 0 Å². The molecule has 0 spiro atoms. The molecule has 3 heteroatoms. The maximum Gasteiger partial charge on any atom is 0.224 e. The van der Waals surface area contributed by atoms with Crippen LogP contribution in [0.25, 0.3) is 0 Å². The van der Waals surface area contributed by atoms with Gasteiger partial charge in [-0.3, -0.25) is 4.79 Å². The first-order valence-electron chi connectivity index (χ1n) is 6.72. The van der Waals surface area contributed by atoms with E-state index >= 15 is 0 Å². The minimum absolute atomic E-state index is 0.0417. The Morgan fingerprint density at radius 2 is 2.17 bits per heavy atom. The topological polar surface area (TPSA) is 49.3 Å². The number of aromatic hydroxyl groups is 1. The van der Waals surface area contributed by atoms with Gasteiger partial charge in [0.15, 0.2) is 0 Å². The molecule has 18 heavy (non-hydrogen) atoms. The summed E-state index contributed by atoms with van der Waals surface area (Å²) in [4.78, 5) is 11.9. The fraction of sp³-hybridized carbons (Fsp3) is 0.533. The van der Waals surface area contributed by atoms with Crippen molar-refractivity contribution in [2.75, 3.05) is 0 Å². The van der Waals surface area contributed by atoms with Crippen molar-refractivity contribution in [3.63, 3.8) is 0 Å². The number of benzene rings is 1. The molecule has 98 valence electrons. The minimum atomic E-state index is 0.0417. The number of amides is 1. The van der Waals surface area contributed by atoms with Crippen LogP contribution in [0.5, 0.6) is 5.75 Å². The maximum atomic E-state index is 11.9. The van der Waals surface area contributed by atoms with Gasteiger partial charge in [0.05, 0.1) is 6.42 Å². The second kappa shape index (κ2) is 5.89. The summed E-state index contributed by atoms with van der Waals surface area (Å²) in [6.45, 7) is 2.09. The van der Waals surface area contributed by atoms with Crippen LogP contribution >= 0.6 is 0 Å². The molecule has 1 atom stereocenters. The number of phenolic OH excluding ortho intramolecular Hbond substituents is 1. The fourth-order valence-corrected chi connectivity index (χ4v) is 2.73. The minimum Gasteiger partial charge on any atom is -0.508 e. The van der Waals surface area contributed by atoms with Gasteiger partial charge in [0, 0.05) is 6.04 Å². The molecule has 1 fully saturated rings. The lowest BCUT2D eigenvalue weighted by Crippen LogP contribution is -2.38. The van der Waals surface area contributed by atoms with E-state index < -0.39 is 0 Å². The molecule has 1 saturated carbocycles. The Morgan fingerprint density at radius 3 is 2.83 bits per heavy atom. The van der Waals surface area contributed by atoms with Crippen molar-refractivity contribution in [3.05, 3.63) is 29.8 Å². The van der Waals surface area contributed by atoms with Gasteiger partial charge in [-0.05, 0) is 43.4 Å². The van der Waals surface area contributed by atoms with Crippen molar-refractivity contribution in [3.8, 4) is 5.75 Å². The normalized spacial score (nSPS) is 17.6. The van der Waals surface area contributed by atoms with Crippen molar-refractivity contribution in [2.24, 2.45) is 5.92 Å². The zero-order valence-corrected chi connectivity index (χ0v) is 10.9. The molecule has 0 heterocycles. The van der Waals surface area contributed by atoms with Crippen LogP contribution in [-0.2, 0) is 11.2 Å². The Hall–Kier alpha value is -1.51. The molecular formula is C15H21NO2. The lowest BCUT2D eigenvalue weighted by atomic mass is 9.99. The van der Waals surface area contributed by atoms with E-state index in [4.69, 9.17) is 0 Å². The van der Waals surface area contributed by atoms with Crippen LogP contribution in [0.4, 0.5) is 0 Å². The molecule has 0 aromatic heterocycles. The van der Waals surface area contributed by atoms with Gasteiger partial charge in [-0.15, -0.1) is 0 Å². The fourth-order valence-electron chi connectivity index (χ4n) is 2.73. The number of phenols is 1. The molecule has 0 radical (unpaired) electrons. The van der Waals surface area contributed by atoms with E-state index in [-0.39, 0.29) is 17.7 Å². The molecule has 2 rings (SSSR count). The van der Waals surface area contributed by atoms with Crippen molar-refractivity contribution in [1.29, 1.82) is 0 Å². The second-order valence-electron chi connectivity index (χ2n) is 5.25. The molecule has 2 N–H and O–H groups in total. The van der Waals surface area contributed by atoms with Gasteiger partial charge in [-0.1, -0.05) is 25.0 Å². The molecule has 0 saturated heterocycles. The molecule has 1 amide bonds. The van der Waals surface area contributed by atoms with E-state index in [2.05, 4.69) is 12.2 Å². The summed E-state index contributed by atoms with van der Waals surface area (Å²) in [5.41, 5.74) is 0.853. The van der Waals surface area contributed by atoms with Gasteiger partial charge < -0.3 is 10.4 Å². The first-order chi connectivity index (χ1) is 8.65. The summed E-state index contributed by atoms with van der Waals surface area (Å²) in [5, 5.41) is 12.4. The average molecular weight is 247 g/mol. The Bertz CT molecular complexity index is 411. The summed E-state index contributed by atoms with van der Waals surface area (Å²) in [6.07, 6.45) is 5.38. The zero-order chi connectivity index (χ0) is 13.0. The summed E-state index contributed by atoms with van der Waals surface area (Å²) in [7, 11) is 0. The molecular weight excluding hydrogens is 226 g/mol. The van der Waals surface area contributed by atoms with Crippen molar-refractivity contribution < 1.29 is 9.90 Å². The average Bonchev–Trinajstić information content (AvgIpc) is 2.81. The van der Waals surface area contributed by atoms with Gasteiger partial charge in [-0.25, -0.2) is 0 Å². The number of carbonyl (C=O) groups excluding carboxylic acids is 1. The van der Waals surface area contributed by atoms with Crippen LogP contribution in [0, 0.1) is 5.92 Å². The first-order valence-corrected chi connectivity index (χ1v) is 6.72. The summed E-state index contributed by atoms with van der Waals surface area (Å²) < 4.78 is 0. The highest BCUT2D eigenvalue weighted by atomic mass is 16.3. The summed E-state index contributed by atoms with van der Waals surface area (Å²) >= 11 is 0. The van der Waals surface area contributed by atoms with E-state index in [0.29, 0.717) is 12.3 Å². The highest BCUT2D eigenvalue weighted by Gasteiger charge is 2.22. The molecule has 1 aliphatic carbocycles. The monoisotopic (exact) mass is 247 g/mol. The predicted octanol–water partition coefficient (Wildman–Crippen LogP) is 2.63. The van der Waals surface area contributed by atoms with Crippen molar-refractivity contribution in [2.45, 2.75) is 45.1 Å². The third-order valence-electron chi connectivity index (χ3n) is 3.77. The summed E-state index contributed by atoms with van der Waals surface area (Å²) in [6, 6.07) is 7.14. The number of nitrogens with one attached hydrogen (secondary N) is 1. The lowest BCUT2D eigenvalue weighted by molar-refractivity contribution is -0.121. The van der Waals surface area contributed by atoms with Crippen LogP contribution in [0.1, 0.15) is 38.2 Å². The standard InChI is InChI=1S/C15H21NO2/c1-11(13-6-2-3-7-13)16-15(18)10-12-5-4-8-14(17)9-12/h4-5,8-9,11,13,17H,2-3,6-7,10H2,1H3,(H,16,18). The molecule has 1 aromatic rings. The Balaban J connectivity index is 1.84. The lowest BCUT2D eigenvalue weighted by Gasteiger charge is -2.20. The van der Waals surface area contributed by atoms with Crippen LogP contribution in [-0.4, -0.2) is 17.1 Å². The number of rotatable bonds is 4. The number of hydrogen-bond donors (Lipinski definition) is 2. The molecule has 1 aromatic carbocycles. The third-order valence-corrected chi connectivity index (χ3v) is 3.77. The largest absolute Gasteiger partial charge is 0.508 e.